The lowest BCUT2D eigenvalue weighted by Crippen LogP contribution is -2.41. The summed E-state index contributed by atoms with van der Waals surface area (Å²) in [4.78, 5) is 16.7. The quantitative estimate of drug-likeness (QED) is 0.666. The second-order valence-electron chi connectivity index (χ2n) is 5.37. The van der Waals surface area contributed by atoms with Crippen LogP contribution in [0.2, 0.25) is 0 Å². The maximum atomic E-state index is 12.5. The Labute approximate surface area is 135 Å². The Balaban J connectivity index is 2.45. The summed E-state index contributed by atoms with van der Waals surface area (Å²) >= 11 is 0. The monoisotopic (exact) mass is 306 g/mol. The van der Waals surface area contributed by atoms with Gasteiger partial charge >= 0.3 is 0 Å². The van der Waals surface area contributed by atoms with Gasteiger partial charge in [-0.3, -0.25) is 4.79 Å². The van der Waals surface area contributed by atoms with E-state index in [0.29, 0.717) is 0 Å². The van der Waals surface area contributed by atoms with E-state index in [4.69, 9.17) is 4.74 Å². The van der Waals surface area contributed by atoms with Gasteiger partial charge in [0.25, 0.3) is 5.91 Å². The summed E-state index contributed by atoms with van der Waals surface area (Å²) in [5.74, 6) is 0.799. The molecule has 0 fully saturated rings. The molecule has 0 spiro atoms. The number of para-hydroxylation sites is 1. The molecule has 0 saturated heterocycles. The number of benzene rings is 1. The lowest BCUT2D eigenvalue weighted by atomic mass is 10.2. The van der Waals surface area contributed by atoms with Crippen molar-refractivity contribution in [3.05, 3.63) is 30.3 Å². The maximum absolute atomic E-state index is 12.5. The van der Waals surface area contributed by atoms with E-state index in [2.05, 4.69) is 18.7 Å². The normalized spacial score (nSPS) is 12.2. The van der Waals surface area contributed by atoms with Crippen LogP contribution in [0.15, 0.2) is 30.3 Å². The van der Waals surface area contributed by atoms with Crippen LogP contribution >= 0.6 is 0 Å². The van der Waals surface area contributed by atoms with E-state index in [9.17, 15) is 4.79 Å². The van der Waals surface area contributed by atoms with Gasteiger partial charge in [-0.15, -0.1) is 0 Å². The molecule has 0 heterocycles. The fraction of sp³-hybridized carbons (Fsp3) is 0.611. The Morgan fingerprint density at radius 3 is 2.23 bits per heavy atom. The number of hydrogen-bond acceptors (Lipinski definition) is 3. The van der Waals surface area contributed by atoms with E-state index in [1.54, 1.807) is 0 Å². The van der Waals surface area contributed by atoms with Gasteiger partial charge in [-0.25, -0.2) is 0 Å². The van der Waals surface area contributed by atoms with Crippen molar-refractivity contribution in [1.29, 1.82) is 0 Å². The lowest BCUT2D eigenvalue weighted by Gasteiger charge is -2.26. The Kier molecular flexibility index (Phi) is 8.60. The molecule has 0 aliphatic rings. The van der Waals surface area contributed by atoms with E-state index in [1.165, 1.54) is 0 Å². The van der Waals surface area contributed by atoms with E-state index >= 15 is 0 Å². The molecular formula is C18H30N2O2. The summed E-state index contributed by atoms with van der Waals surface area (Å²) in [6.07, 6.45) is 0.551. The van der Waals surface area contributed by atoms with Crippen LogP contribution in [0.25, 0.3) is 0 Å². The summed E-state index contributed by atoms with van der Waals surface area (Å²) in [7, 11) is 0. The molecule has 1 amide bonds. The molecule has 4 heteroatoms. The summed E-state index contributed by atoms with van der Waals surface area (Å²) in [6, 6.07) is 9.51. The zero-order valence-corrected chi connectivity index (χ0v) is 14.4. The standard InChI is InChI=1S/C18H30N2O2/c1-5-19(6-2)14-11-15-20(7-3)18(21)16(4)22-17-12-9-8-10-13-17/h8-10,12-13,16H,5-7,11,14-15H2,1-4H3. The number of likely N-dealkylation sites (N-methyl/N-ethyl adjacent to an activating group) is 1. The molecule has 1 aromatic carbocycles. The summed E-state index contributed by atoms with van der Waals surface area (Å²) in [5.41, 5.74) is 0. The molecule has 0 radical (unpaired) electrons. The van der Waals surface area contributed by atoms with E-state index in [1.807, 2.05) is 49.1 Å². The van der Waals surface area contributed by atoms with Crippen molar-refractivity contribution < 1.29 is 9.53 Å². The Morgan fingerprint density at radius 2 is 1.68 bits per heavy atom. The number of amides is 1. The zero-order valence-electron chi connectivity index (χ0n) is 14.4. The predicted molar refractivity (Wildman–Crippen MR) is 91.2 cm³/mol. The molecular weight excluding hydrogens is 276 g/mol. The van der Waals surface area contributed by atoms with Gasteiger partial charge in [0.15, 0.2) is 6.10 Å². The number of hydrogen-bond donors (Lipinski definition) is 0. The molecule has 0 aromatic heterocycles. The van der Waals surface area contributed by atoms with Crippen molar-refractivity contribution in [3.63, 3.8) is 0 Å². The minimum atomic E-state index is -0.448. The minimum Gasteiger partial charge on any atom is -0.481 e. The fourth-order valence-electron chi connectivity index (χ4n) is 2.46. The van der Waals surface area contributed by atoms with Crippen LogP contribution in [-0.2, 0) is 4.79 Å². The lowest BCUT2D eigenvalue weighted by molar-refractivity contribution is -0.137. The summed E-state index contributed by atoms with van der Waals surface area (Å²) < 4.78 is 5.73. The van der Waals surface area contributed by atoms with Gasteiger partial charge in [0.2, 0.25) is 0 Å². The van der Waals surface area contributed by atoms with Crippen molar-refractivity contribution in [2.45, 2.75) is 40.2 Å². The van der Waals surface area contributed by atoms with Crippen LogP contribution in [0, 0.1) is 0 Å². The first-order chi connectivity index (χ1) is 10.6. The Morgan fingerprint density at radius 1 is 1.05 bits per heavy atom. The third-order valence-electron chi connectivity index (χ3n) is 3.89. The smallest absolute Gasteiger partial charge is 0.263 e. The van der Waals surface area contributed by atoms with Crippen LogP contribution < -0.4 is 4.74 Å². The van der Waals surface area contributed by atoms with Gasteiger partial charge in [0.05, 0.1) is 0 Å². The molecule has 124 valence electrons. The van der Waals surface area contributed by atoms with Crippen LogP contribution in [0.1, 0.15) is 34.1 Å². The van der Waals surface area contributed by atoms with Crippen LogP contribution in [0.3, 0.4) is 0 Å². The Hall–Kier alpha value is -1.55. The minimum absolute atomic E-state index is 0.0610. The topological polar surface area (TPSA) is 32.8 Å². The molecule has 1 unspecified atom stereocenters. The average molecular weight is 306 g/mol. The maximum Gasteiger partial charge on any atom is 0.263 e. The van der Waals surface area contributed by atoms with Gasteiger partial charge in [-0.05, 0) is 52.0 Å². The fourth-order valence-corrected chi connectivity index (χ4v) is 2.46. The molecule has 0 N–H and O–H groups in total. The molecule has 1 rings (SSSR count). The highest BCUT2D eigenvalue weighted by Gasteiger charge is 2.20. The molecule has 1 atom stereocenters. The first kappa shape index (κ1) is 18.5. The van der Waals surface area contributed by atoms with Gasteiger partial charge in [-0.1, -0.05) is 32.0 Å². The third-order valence-corrected chi connectivity index (χ3v) is 3.89. The first-order valence-electron chi connectivity index (χ1n) is 8.35. The van der Waals surface area contributed by atoms with Crippen molar-refractivity contribution in [3.8, 4) is 5.75 Å². The van der Waals surface area contributed by atoms with Gasteiger partial charge < -0.3 is 14.5 Å². The van der Waals surface area contributed by atoms with Crippen LogP contribution in [-0.4, -0.2) is 54.5 Å². The molecule has 1 aromatic rings. The molecule has 4 nitrogen and oxygen atoms in total. The molecule has 0 aliphatic carbocycles. The third kappa shape index (κ3) is 6.06. The van der Waals surface area contributed by atoms with Gasteiger partial charge in [-0.2, -0.15) is 0 Å². The van der Waals surface area contributed by atoms with Crippen molar-refractivity contribution in [1.82, 2.24) is 9.80 Å². The highest BCUT2D eigenvalue weighted by molar-refractivity contribution is 5.80. The SMILES string of the molecule is CCN(CC)CCCN(CC)C(=O)C(C)Oc1ccccc1. The number of rotatable bonds is 10. The number of carbonyl (C=O) groups excluding carboxylic acids is 1. The summed E-state index contributed by atoms with van der Waals surface area (Å²) in [6.45, 7) is 12.8. The number of ether oxygens (including phenoxy) is 1. The van der Waals surface area contributed by atoms with Crippen molar-refractivity contribution in [2.75, 3.05) is 32.7 Å². The molecule has 0 saturated carbocycles. The summed E-state index contributed by atoms with van der Waals surface area (Å²) in [5, 5.41) is 0. The van der Waals surface area contributed by atoms with E-state index < -0.39 is 6.10 Å². The number of carbonyl (C=O) groups is 1. The van der Waals surface area contributed by atoms with E-state index in [0.717, 1.165) is 44.9 Å². The van der Waals surface area contributed by atoms with Crippen molar-refractivity contribution in [2.24, 2.45) is 0 Å². The predicted octanol–water partition coefficient (Wildman–Crippen LogP) is 3.03. The van der Waals surface area contributed by atoms with Crippen molar-refractivity contribution >= 4 is 5.91 Å². The average Bonchev–Trinajstić information content (AvgIpc) is 2.55. The second kappa shape index (κ2) is 10.2. The first-order valence-corrected chi connectivity index (χ1v) is 8.35. The molecule has 22 heavy (non-hydrogen) atoms. The number of nitrogens with zero attached hydrogens (tertiary/aromatic N) is 2. The largest absolute Gasteiger partial charge is 0.481 e. The second-order valence-corrected chi connectivity index (χ2v) is 5.37. The van der Waals surface area contributed by atoms with Crippen LogP contribution in [0.5, 0.6) is 5.75 Å². The van der Waals surface area contributed by atoms with Gasteiger partial charge in [0.1, 0.15) is 5.75 Å². The molecule has 0 bridgehead atoms. The van der Waals surface area contributed by atoms with E-state index in [-0.39, 0.29) is 5.91 Å². The zero-order chi connectivity index (χ0) is 16.4. The highest BCUT2D eigenvalue weighted by atomic mass is 16.5. The molecule has 0 aliphatic heterocycles. The highest BCUT2D eigenvalue weighted by Crippen LogP contribution is 2.12. The Bertz CT molecular complexity index is 418. The van der Waals surface area contributed by atoms with Crippen LogP contribution in [0.4, 0.5) is 0 Å². The van der Waals surface area contributed by atoms with Gasteiger partial charge in [0, 0.05) is 13.1 Å².